The van der Waals surface area contributed by atoms with Gasteiger partial charge < -0.3 is 25.4 Å². The van der Waals surface area contributed by atoms with E-state index in [1.165, 1.54) is 23.7 Å². The van der Waals surface area contributed by atoms with E-state index in [1.807, 2.05) is 0 Å². The molecule has 0 aliphatic carbocycles. The second-order valence-electron chi connectivity index (χ2n) is 4.84. The van der Waals surface area contributed by atoms with Crippen molar-refractivity contribution in [2.24, 2.45) is 5.41 Å². The monoisotopic (exact) mass is 317 g/mol. The number of thioether (sulfide) groups is 1. The summed E-state index contributed by atoms with van der Waals surface area (Å²) in [4.78, 5) is 46.3. The molecule has 3 atom stereocenters. The quantitative estimate of drug-likeness (QED) is 0.414. The SMILES string of the molecule is CNC(=O)OCC1(C(=O)O)CS[C@@H]2C(NC=O)C(=O)N2C1. The van der Waals surface area contributed by atoms with Gasteiger partial charge in [0.25, 0.3) is 0 Å². The summed E-state index contributed by atoms with van der Waals surface area (Å²) in [5.41, 5.74) is -1.34. The Hall–Kier alpha value is -1.97. The van der Waals surface area contributed by atoms with Gasteiger partial charge in [-0.25, -0.2) is 4.79 Å². The number of fused-ring (bicyclic) bond motifs is 1. The normalized spacial score (nSPS) is 30.7. The van der Waals surface area contributed by atoms with Crippen LogP contribution in [0, 0.1) is 5.41 Å². The fraction of sp³-hybridized carbons (Fsp3) is 0.636. The summed E-state index contributed by atoms with van der Waals surface area (Å²) in [6.45, 7) is -0.371. The van der Waals surface area contributed by atoms with Crippen molar-refractivity contribution in [3.05, 3.63) is 0 Å². The second kappa shape index (κ2) is 5.80. The van der Waals surface area contributed by atoms with Crippen molar-refractivity contribution < 1.29 is 29.0 Å². The molecule has 2 unspecified atom stereocenters. The minimum absolute atomic E-state index is 0.0487. The Labute approximate surface area is 124 Å². The average Bonchev–Trinajstić information content (AvgIpc) is 2.49. The maximum absolute atomic E-state index is 11.9. The van der Waals surface area contributed by atoms with Crippen molar-refractivity contribution in [3.63, 3.8) is 0 Å². The molecule has 2 aliphatic rings. The van der Waals surface area contributed by atoms with Gasteiger partial charge in [-0.3, -0.25) is 14.4 Å². The zero-order valence-corrected chi connectivity index (χ0v) is 12.0. The Morgan fingerprint density at radius 3 is 2.90 bits per heavy atom. The zero-order valence-electron chi connectivity index (χ0n) is 11.2. The van der Waals surface area contributed by atoms with Crippen LogP contribution in [0.4, 0.5) is 4.79 Å². The first-order valence-electron chi connectivity index (χ1n) is 6.15. The highest BCUT2D eigenvalue weighted by atomic mass is 32.2. The van der Waals surface area contributed by atoms with Gasteiger partial charge in [0.1, 0.15) is 23.4 Å². The van der Waals surface area contributed by atoms with Crippen LogP contribution >= 0.6 is 11.8 Å². The molecular formula is C11H15N3O6S. The van der Waals surface area contributed by atoms with E-state index in [0.29, 0.717) is 6.41 Å². The summed E-state index contributed by atoms with van der Waals surface area (Å²) in [7, 11) is 1.37. The van der Waals surface area contributed by atoms with Crippen LogP contribution in [0.1, 0.15) is 0 Å². The molecule has 10 heteroatoms. The molecule has 0 spiro atoms. The third-order valence-corrected chi connectivity index (χ3v) is 5.12. The molecular weight excluding hydrogens is 302 g/mol. The Balaban J connectivity index is 2.06. The minimum atomic E-state index is -1.34. The molecule has 0 radical (unpaired) electrons. The van der Waals surface area contributed by atoms with Gasteiger partial charge in [0, 0.05) is 19.3 Å². The molecule has 2 heterocycles. The smallest absolute Gasteiger partial charge is 0.406 e. The molecule has 3 amide bonds. The molecule has 0 bridgehead atoms. The zero-order chi connectivity index (χ0) is 15.6. The van der Waals surface area contributed by atoms with E-state index in [-0.39, 0.29) is 30.2 Å². The lowest BCUT2D eigenvalue weighted by Crippen LogP contribution is -2.73. The van der Waals surface area contributed by atoms with Crippen LogP contribution in [0.5, 0.6) is 0 Å². The van der Waals surface area contributed by atoms with Gasteiger partial charge in [-0.05, 0) is 0 Å². The van der Waals surface area contributed by atoms with Crippen LogP contribution in [0.25, 0.3) is 0 Å². The van der Waals surface area contributed by atoms with E-state index in [0.717, 1.165) is 0 Å². The highest BCUT2D eigenvalue weighted by Crippen LogP contribution is 2.42. The number of aliphatic carboxylic acids is 1. The molecule has 9 nitrogen and oxygen atoms in total. The van der Waals surface area contributed by atoms with Crippen molar-refractivity contribution in [1.82, 2.24) is 15.5 Å². The molecule has 0 saturated carbocycles. The summed E-state index contributed by atoms with van der Waals surface area (Å²) in [6.07, 6.45) is -0.271. The first-order valence-corrected chi connectivity index (χ1v) is 7.20. The topological polar surface area (TPSA) is 125 Å². The number of hydrogen-bond acceptors (Lipinski definition) is 6. The standard InChI is InChI=1S/C11H15N3O6S/c1-12-10(19)20-3-11(9(17)18)2-14-7(16)6(13-5-15)8(14)21-4-11/h5-6,8H,2-4H2,1H3,(H,12,19)(H,13,15)(H,17,18)/t6?,8-,11?/m1/s1. The molecule has 2 saturated heterocycles. The first-order chi connectivity index (χ1) is 9.95. The van der Waals surface area contributed by atoms with E-state index in [2.05, 4.69) is 10.6 Å². The van der Waals surface area contributed by atoms with E-state index in [9.17, 15) is 24.3 Å². The summed E-state index contributed by atoms with van der Waals surface area (Å²) in [6, 6.07) is -0.612. The predicted molar refractivity (Wildman–Crippen MR) is 71.4 cm³/mol. The van der Waals surface area contributed by atoms with Crippen LogP contribution in [-0.2, 0) is 19.1 Å². The lowest BCUT2D eigenvalue weighted by Gasteiger charge is -2.53. The summed E-state index contributed by atoms with van der Waals surface area (Å²) in [5.74, 6) is -1.27. The van der Waals surface area contributed by atoms with Crippen LogP contribution in [0.2, 0.25) is 0 Å². The van der Waals surface area contributed by atoms with Gasteiger partial charge in [0.15, 0.2) is 0 Å². The van der Waals surface area contributed by atoms with Crippen LogP contribution in [0.15, 0.2) is 0 Å². The lowest BCUT2D eigenvalue weighted by atomic mass is 9.88. The number of carboxylic acids is 1. The first kappa shape index (κ1) is 15.4. The number of nitrogens with one attached hydrogen (secondary N) is 2. The Kier molecular flexibility index (Phi) is 4.26. The molecule has 0 aromatic heterocycles. The summed E-state index contributed by atoms with van der Waals surface area (Å²) in [5, 5.41) is 13.8. The molecule has 21 heavy (non-hydrogen) atoms. The van der Waals surface area contributed by atoms with E-state index in [4.69, 9.17) is 4.74 Å². The molecule has 2 aliphatic heterocycles. The number of alkyl carbamates (subject to hydrolysis) is 1. The average molecular weight is 317 g/mol. The van der Waals surface area contributed by atoms with Crippen LogP contribution in [0.3, 0.4) is 0 Å². The fourth-order valence-corrected chi connectivity index (χ4v) is 3.81. The molecule has 116 valence electrons. The van der Waals surface area contributed by atoms with E-state index >= 15 is 0 Å². The highest BCUT2D eigenvalue weighted by molar-refractivity contribution is 8.00. The van der Waals surface area contributed by atoms with Gasteiger partial charge in [-0.1, -0.05) is 0 Å². The highest BCUT2D eigenvalue weighted by Gasteiger charge is 2.57. The Morgan fingerprint density at radius 1 is 1.62 bits per heavy atom. The van der Waals surface area contributed by atoms with Crippen molar-refractivity contribution in [2.75, 3.05) is 26.0 Å². The minimum Gasteiger partial charge on any atom is -0.481 e. The Morgan fingerprint density at radius 2 is 2.33 bits per heavy atom. The summed E-state index contributed by atoms with van der Waals surface area (Å²) >= 11 is 1.25. The number of carbonyl (C=O) groups is 4. The number of carbonyl (C=O) groups excluding carboxylic acids is 3. The predicted octanol–water partition coefficient (Wildman–Crippen LogP) is -1.56. The number of nitrogens with zero attached hydrogens (tertiary/aromatic N) is 1. The number of carboxylic acid groups (broad SMARTS) is 1. The van der Waals surface area contributed by atoms with Gasteiger partial charge >= 0.3 is 12.1 Å². The van der Waals surface area contributed by atoms with Gasteiger partial charge in [-0.2, -0.15) is 0 Å². The largest absolute Gasteiger partial charge is 0.481 e. The maximum atomic E-state index is 11.9. The van der Waals surface area contributed by atoms with Gasteiger partial charge in [0.05, 0.1) is 0 Å². The summed E-state index contributed by atoms with van der Waals surface area (Å²) < 4.78 is 4.86. The lowest BCUT2D eigenvalue weighted by molar-refractivity contribution is -0.160. The third-order valence-electron chi connectivity index (χ3n) is 3.53. The third kappa shape index (κ3) is 2.62. The number of amides is 3. The van der Waals surface area contributed by atoms with Crippen molar-refractivity contribution in [2.45, 2.75) is 11.4 Å². The molecule has 0 aromatic carbocycles. The van der Waals surface area contributed by atoms with E-state index < -0.39 is 23.5 Å². The van der Waals surface area contributed by atoms with Crippen LogP contribution < -0.4 is 10.6 Å². The van der Waals surface area contributed by atoms with Crippen molar-refractivity contribution >= 4 is 36.1 Å². The van der Waals surface area contributed by atoms with Gasteiger partial charge in [-0.15, -0.1) is 11.8 Å². The maximum Gasteiger partial charge on any atom is 0.406 e. The van der Waals surface area contributed by atoms with E-state index in [1.54, 1.807) is 0 Å². The number of β-lactam (4-membered cyclic amide) rings is 1. The molecule has 2 fully saturated rings. The molecule has 2 rings (SSSR count). The molecule has 0 aromatic rings. The number of ether oxygens (including phenoxy) is 1. The molecule has 3 N–H and O–H groups in total. The second-order valence-corrected chi connectivity index (χ2v) is 5.95. The Bertz CT molecular complexity index is 487. The van der Waals surface area contributed by atoms with Crippen molar-refractivity contribution in [1.29, 1.82) is 0 Å². The van der Waals surface area contributed by atoms with Gasteiger partial charge in [0.2, 0.25) is 12.3 Å². The fourth-order valence-electron chi connectivity index (χ4n) is 2.28. The number of rotatable bonds is 5. The van der Waals surface area contributed by atoms with Crippen molar-refractivity contribution in [3.8, 4) is 0 Å². The number of hydrogen-bond donors (Lipinski definition) is 3. The van der Waals surface area contributed by atoms with Crippen LogP contribution in [-0.4, -0.2) is 71.8 Å².